The molecule has 0 aliphatic heterocycles. The van der Waals surface area contributed by atoms with E-state index in [0.717, 1.165) is 0 Å². The smallest absolute Gasteiger partial charge is 0.0780 e. The highest BCUT2D eigenvalue weighted by atomic mass is 15.0. The molecule has 154 valence electrons. The van der Waals surface area contributed by atoms with Gasteiger partial charge in [0.2, 0.25) is 0 Å². The van der Waals surface area contributed by atoms with E-state index in [-0.39, 0.29) is 5.41 Å². The number of aryl methyl sites for hydroxylation is 1. The van der Waals surface area contributed by atoms with Crippen LogP contribution in [0.25, 0.3) is 49.7 Å². The lowest BCUT2D eigenvalue weighted by Gasteiger charge is -2.21. The number of aromatic amines is 1. The fraction of sp³-hybridized carbons (Fsp3) is 0.133. The third-order valence-electron chi connectivity index (χ3n) is 7.35. The zero-order valence-corrected chi connectivity index (χ0v) is 18.5. The number of rotatable bonds is 1. The minimum atomic E-state index is -0.0551. The third kappa shape index (κ3) is 2.10. The molecule has 0 atom stereocenters. The van der Waals surface area contributed by atoms with Gasteiger partial charge in [0, 0.05) is 38.3 Å². The molecule has 1 aliphatic carbocycles. The number of benzene rings is 4. The first kappa shape index (κ1) is 17.9. The van der Waals surface area contributed by atoms with Gasteiger partial charge in [0.15, 0.2) is 0 Å². The second-order valence-corrected chi connectivity index (χ2v) is 9.62. The number of hydrogen-bond donors (Lipinski definition) is 1. The van der Waals surface area contributed by atoms with Crippen molar-refractivity contribution >= 4 is 32.7 Å². The van der Waals surface area contributed by atoms with E-state index < -0.39 is 0 Å². The molecule has 7 rings (SSSR count). The number of para-hydroxylation sites is 1. The van der Waals surface area contributed by atoms with Gasteiger partial charge in [0.1, 0.15) is 0 Å². The summed E-state index contributed by atoms with van der Waals surface area (Å²) < 4.78 is 2.49. The summed E-state index contributed by atoms with van der Waals surface area (Å²) in [6, 6.07) is 31.1. The molecule has 1 aliphatic rings. The maximum atomic E-state index is 3.78. The van der Waals surface area contributed by atoms with Crippen LogP contribution in [0.5, 0.6) is 0 Å². The second-order valence-electron chi connectivity index (χ2n) is 9.62. The van der Waals surface area contributed by atoms with E-state index >= 15 is 0 Å². The van der Waals surface area contributed by atoms with Crippen LogP contribution in [0.2, 0.25) is 0 Å². The van der Waals surface area contributed by atoms with Crippen LogP contribution in [0.1, 0.15) is 30.5 Å². The molecule has 0 fully saturated rings. The van der Waals surface area contributed by atoms with Crippen molar-refractivity contribution in [1.29, 1.82) is 0 Å². The summed E-state index contributed by atoms with van der Waals surface area (Å²) in [6.07, 6.45) is 0. The molecule has 32 heavy (non-hydrogen) atoms. The average Bonchev–Trinajstić information content (AvgIpc) is 3.42. The Morgan fingerprint density at radius 2 is 1.50 bits per heavy atom. The summed E-state index contributed by atoms with van der Waals surface area (Å²) in [5, 5.41) is 3.92. The van der Waals surface area contributed by atoms with E-state index in [1.807, 2.05) is 0 Å². The molecule has 0 unspecified atom stereocenters. The lowest BCUT2D eigenvalue weighted by Crippen LogP contribution is -2.14. The molecule has 0 amide bonds. The second kappa shape index (κ2) is 5.92. The summed E-state index contributed by atoms with van der Waals surface area (Å²) in [6.45, 7) is 6.90. The zero-order chi connectivity index (χ0) is 21.6. The van der Waals surface area contributed by atoms with Crippen LogP contribution >= 0.6 is 0 Å². The van der Waals surface area contributed by atoms with Crippen molar-refractivity contribution in [1.82, 2.24) is 9.55 Å². The van der Waals surface area contributed by atoms with Crippen LogP contribution in [0.4, 0.5) is 0 Å². The maximum Gasteiger partial charge on any atom is 0.0780 e. The van der Waals surface area contributed by atoms with Gasteiger partial charge in [-0.05, 0) is 42.3 Å². The van der Waals surface area contributed by atoms with Crippen LogP contribution in [-0.4, -0.2) is 9.55 Å². The molecule has 4 aromatic carbocycles. The Kier molecular flexibility index (Phi) is 3.30. The molecule has 2 aromatic heterocycles. The number of hydrogen-bond acceptors (Lipinski definition) is 0. The van der Waals surface area contributed by atoms with E-state index in [0.29, 0.717) is 0 Å². The summed E-state index contributed by atoms with van der Waals surface area (Å²) in [4.78, 5) is 3.78. The molecule has 0 spiro atoms. The fourth-order valence-corrected chi connectivity index (χ4v) is 5.94. The van der Waals surface area contributed by atoms with Crippen molar-refractivity contribution in [2.75, 3.05) is 0 Å². The molecule has 0 saturated carbocycles. The van der Waals surface area contributed by atoms with Gasteiger partial charge in [-0.2, -0.15) is 0 Å². The van der Waals surface area contributed by atoms with Gasteiger partial charge in [-0.3, -0.25) is 0 Å². The van der Waals surface area contributed by atoms with Gasteiger partial charge in [-0.25, -0.2) is 0 Å². The molecule has 0 radical (unpaired) electrons. The standard InChI is InChI=1S/C30H24N2/c1-18-13-16-25-23(17-18)20-14-15-22-26-28(21-11-7-8-12-24(21)30(26,2)3)32(29(22)27(20)31-25)19-9-5-4-6-10-19/h4-17,31H,1-3H3. The number of fused-ring (bicyclic) bond motifs is 9. The van der Waals surface area contributed by atoms with Gasteiger partial charge in [-0.1, -0.05) is 80.1 Å². The van der Waals surface area contributed by atoms with E-state index in [2.05, 4.69) is 115 Å². The first-order valence-corrected chi connectivity index (χ1v) is 11.3. The first-order chi connectivity index (χ1) is 15.6. The molecule has 2 nitrogen and oxygen atoms in total. The Hall–Kier alpha value is -3.78. The monoisotopic (exact) mass is 412 g/mol. The molecule has 2 heterocycles. The minimum absolute atomic E-state index is 0.0551. The predicted molar refractivity (Wildman–Crippen MR) is 135 cm³/mol. The van der Waals surface area contributed by atoms with Crippen LogP contribution in [-0.2, 0) is 5.41 Å². The van der Waals surface area contributed by atoms with Crippen molar-refractivity contribution in [3.63, 3.8) is 0 Å². The Bertz CT molecular complexity index is 1690. The Morgan fingerprint density at radius 1 is 0.750 bits per heavy atom. The average molecular weight is 413 g/mol. The van der Waals surface area contributed by atoms with Gasteiger partial charge in [0.25, 0.3) is 0 Å². The lowest BCUT2D eigenvalue weighted by atomic mass is 9.81. The number of nitrogens with one attached hydrogen (secondary N) is 1. The first-order valence-electron chi connectivity index (χ1n) is 11.3. The highest BCUT2D eigenvalue weighted by Crippen LogP contribution is 2.54. The largest absolute Gasteiger partial charge is 0.353 e. The Labute approximate surface area is 187 Å². The Balaban J connectivity index is 1.75. The molecular formula is C30H24N2. The van der Waals surface area contributed by atoms with Gasteiger partial charge >= 0.3 is 0 Å². The topological polar surface area (TPSA) is 20.7 Å². The molecule has 2 heteroatoms. The van der Waals surface area contributed by atoms with E-state index in [1.165, 1.54) is 66.3 Å². The highest BCUT2D eigenvalue weighted by molar-refractivity contribution is 6.19. The third-order valence-corrected chi connectivity index (χ3v) is 7.35. The molecule has 0 bridgehead atoms. The van der Waals surface area contributed by atoms with E-state index in [4.69, 9.17) is 0 Å². The normalized spacial score (nSPS) is 14.3. The van der Waals surface area contributed by atoms with Crippen molar-refractivity contribution in [2.24, 2.45) is 0 Å². The van der Waals surface area contributed by atoms with Gasteiger partial charge < -0.3 is 9.55 Å². The van der Waals surface area contributed by atoms with E-state index in [1.54, 1.807) is 0 Å². The van der Waals surface area contributed by atoms with Crippen molar-refractivity contribution in [3.05, 3.63) is 102 Å². The molecular weight excluding hydrogens is 388 g/mol. The van der Waals surface area contributed by atoms with Crippen LogP contribution in [0.15, 0.2) is 84.9 Å². The fourth-order valence-electron chi connectivity index (χ4n) is 5.94. The SMILES string of the molecule is Cc1ccc2[nH]c3c(ccc4c5c(n(-c6ccccc6)c43)-c3ccccc3C5(C)C)c2c1. The van der Waals surface area contributed by atoms with Crippen LogP contribution < -0.4 is 0 Å². The van der Waals surface area contributed by atoms with Crippen LogP contribution in [0, 0.1) is 6.92 Å². The van der Waals surface area contributed by atoms with Crippen molar-refractivity contribution in [2.45, 2.75) is 26.2 Å². The maximum absolute atomic E-state index is 3.78. The highest BCUT2D eigenvalue weighted by Gasteiger charge is 2.40. The molecule has 6 aromatic rings. The summed E-state index contributed by atoms with van der Waals surface area (Å²) in [7, 11) is 0. The number of aromatic nitrogens is 2. The summed E-state index contributed by atoms with van der Waals surface area (Å²) >= 11 is 0. The van der Waals surface area contributed by atoms with Crippen molar-refractivity contribution < 1.29 is 0 Å². The summed E-state index contributed by atoms with van der Waals surface area (Å²) in [5.74, 6) is 0. The van der Waals surface area contributed by atoms with Crippen molar-refractivity contribution in [3.8, 4) is 16.9 Å². The molecule has 0 saturated heterocycles. The van der Waals surface area contributed by atoms with E-state index in [9.17, 15) is 0 Å². The molecule has 1 N–H and O–H groups in total. The number of nitrogens with zero attached hydrogens (tertiary/aromatic N) is 1. The number of H-pyrrole nitrogens is 1. The van der Waals surface area contributed by atoms with Gasteiger partial charge in [0.05, 0.1) is 16.7 Å². The van der Waals surface area contributed by atoms with Crippen LogP contribution in [0.3, 0.4) is 0 Å². The summed E-state index contributed by atoms with van der Waals surface area (Å²) in [5.41, 5.74) is 11.6. The quantitative estimate of drug-likeness (QED) is 0.283. The van der Waals surface area contributed by atoms with Gasteiger partial charge in [-0.15, -0.1) is 0 Å². The lowest BCUT2D eigenvalue weighted by molar-refractivity contribution is 0.666. The predicted octanol–water partition coefficient (Wildman–Crippen LogP) is 7.88. The minimum Gasteiger partial charge on any atom is -0.353 e. The zero-order valence-electron chi connectivity index (χ0n) is 18.5. The Morgan fingerprint density at radius 3 is 2.34 bits per heavy atom.